The molecule has 0 amide bonds. The van der Waals surface area contributed by atoms with Crippen LogP contribution in [0.4, 0.5) is 0 Å². The first-order valence-electron chi connectivity index (χ1n) is 5.40. The van der Waals surface area contributed by atoms with E-state index in [-0.39, 0.29) is 0 Å². The highest BCUT2D eigenvalue weighted by atomic mass is 79.9. The van der Waals surface area contributed by atoms with Gasteiger partial charge in [0.15, 0.2) is 0 Å². The van der Waals surface area contributed by atoms with E-state index < -0.39 is 0 Å². The monoisotopic (exact) mass is 264 g/mol. The van der Waals surface area contributed by atoms with Crippen LogP contribution in [0.2, 0.25) is 0 Å². The lowest BCUT2D eigenvalue weighted by Crippen LogP contribution is -2.24. The molecule has 0 bridgehead atoms. The fourth-order valence-corrected chi connectivity index (χ4v) is 2.86. The second-order valence-corrected chi connectivity index (χ2v) is 5.06. The highest BCUT2D eigenvalue weighted by Gasteiger charge is 2.33. The number of nitrogens with zero attached hydrogens (tertiary/aromatic N) is 1. The standard InChI is InChI=1S/C12H13BrN2/c13-11-4-2-9(7-15-11)10-3-1-8-5-6-14-12(8)10/h2-4,7-8,12,14H,1,5-6H2. The molecule has 15 heavy (non-hydrogen) atoms. The molecule has 1 aromatic rings. The first kappa shape index (κ1) is 9.55. The average Bonchev–Trinajstić information content (AvgIpc) is 2.80. The zero-order valence-corrected chi connectivity index (χ0v) is 10.00. The summed E-state index contributed by atoms with van der Waals surface area (Å²) in [7, 11) is 0. The first-order chi connectivity index (χ1) is 7.34. The van der Waals surface area contributed by atoms with Crippen molar-refractivity contribution in [2.75, 3.05) is 6.54 Å². The van der Waals surface area contributed by atoms with Gasteiger partial charge >= 0.3 is 0 Å². The van der Waals surface area contributed by atoms with E-state index >= 15 is 0 Å². The predicted molar refractivity (Wildman–Crippen MR) is 64.4 cm³/mol. The molecule has 2 unspecified atom stereocenters. The van der Waals surface area contributed by atoms with Crippen molar-refractivity contribution in [2.45, 2.75) is 18.9 Å². The van der Waals surface area contributed by atoms with Gasteiger partial charge in [0.05, 0.1) is 0 Å². The Hall–Kier alpha value is -0.670. The number of hydrogen-bond acceptors (Lipinski definition) is 2. The van der Waals surface area contributed by atoms with Crippen LogP contribution < -0.4 is 5.32 Å². The van der Waals surface area contributed by atoms with Gasteiger partial charge in [-0.1, -0.05) is 12.1 Å². The molecule has 2 aliphatic rings. The second kappa shape index (κ2) is 3.72. The van der Waals surface area contributed by atoms with E-state index in [1.54, 1.807) is 0 Å². The molecule has 2 heterocycles. The molecule has 2 atom stereocenters. The maximum atomic E-state index is 4.29. The SMILES string of the molecule is Brc1ccc(C2=CCC3CCNC23)cn1. The van der Waals surface area contributed by atoms with Crippen LogP contribution in [0.3, 0.4) is 0 Å². The van der Waals surface area contributed by atoms with Gasteiger partial charge < -0.3 is 5.32 Å². The molecule has 3 rings (SSSR count). The molecule has 1 N–H and O–H groups in total. The molecule has 78 valence electrons. The van der Waals surface area contributed by atoms with Crippen LogP contribution in [0.15, 0.2) is 29.0 Å². The molecular weight excluding hydrogens is 252 g/mol. The van der Waals surface area contributed by atoms with Crippen LogP contribution in [-0.4, -0.2) is 17.6 Å². The summed E-state index contributed by atoms with van der Waals surface area (Å²) < 4.78 is 0.903. The quantitative estimate of drug-likeness (QED) is 0.789. The Morgan fingerprint density at radius 3 is 3.13 bits per heavy atom. The molecular formula is C12H13BrN2. The van der Waals surface area contributed by atoms with E-state index in [1.165, 1.54) is 24.0 Å². The molecule has 0 saturated carbocycles. The van der Waals surface area contributed by atoms with Crippen molar-refractivity contribution in [1.82, 2.24) is 10.3 Å². The number of fused-ring (bicyclic) bond motifs is 1. The molecule has 1 aliphatic heterocycles. The van der Waals surface area contributed by atoms with Gasteiger partial charge in [-0.05, 0) is 58.4 Å². The second-order valence-electron chi connectivity index (χ2n) is 4.25. The first-order valence-corrected chi connectivity index (χ1v) is 6.19. The lowest BCUT2D eigenvalue weighted by molar-refractivity contribution is 0.557. The molecule has 1 aromatic heterocycles. The van der Waals surface area contributed by atoms with Crippen LogP contribution in [0.1, 0.15) is 18.4 Å². The van der Waals surface area contributed by atoms with Crippen molar-refractivity contribution in [1.29, 1.82) is 0 Å². The topological polar surface area (TPSA) is 24.9 Å². The summed E-state index contributed by atoms with van der Waals surface area (Å²) in [6.45, 7) is 1.16. The van der Waals surface area contributed by atoms with Crippen LogP contribution >= 0.6 is 15.9 Å². The Morgan fingerprint density at radius 1 is 1.40 bits per heavy atom. The van der Waals surface area contributed by atoms with Gasteiger partial charge in [0, 0.05) is 12.2 Å². The molecule has 0 spiro atoms. The van der Waals surface area contributed by atoms with Crippen LogP contribution in [0.25, 0.3) is 5.57 Å². The lowest BCUT2D eigenvalue weighted by atomic mass is 9.97. The van der Waals surface area contributed by atoms with Gasteiger partial charge in [-0.2, -0.15) is 0 Å². The fourth-order valence-electron chi connectivity index (χ4n) is 2.62. The van der Waals surface area contributed by atoms with E-state index in [4.69, 9.17) is 0 Å². The molecule has 3 heteroatoms. The summed E-state index contributed by atoms with van der Waals surface area (Å²) in [5.41, 5.74) is 2.71. The van der Waals surface area contributed by atoms with Crippen LogP contribution in [0, 0.1) is 5.92 Å². The summed E-state index contributed by atoms with van der Waals surface area (Å²) >= 11 is 3.36. The van der Waals surface area contributed by atoms with E-state index in [2.05, 4.69) is 38.4 Å². The highest BCUT2D eigenvalue weighted by molar-refractivity contribution is 9.10. The number of aromatic nitrogens is 1. The Kier molecular flexibility index (Phi) is 2.37. The lowest BCUT2D eigenvalue weighted by Gasteiger charge is -2.14. The summed E-state index contributed by atoms with van der Waals surface area (Å²) in [5, 5.41) is 3.57. The number of rotatable bonds is 1. The van der Waals surface area contributed by atoms with Crippen LogP contribution in [-0.2, 0) is 0 Å². The van der Waals surface area contributed by atoms with Gasteiger partial charge in [0.2, 0.25) is 0 Å². The third-order valence-corrected chi connectivity index (χ3v) is 3.86. The van der Waals surface area contributed by atoms with Crippen LogP contribution in [0.5, 0.6) is 0 Å². The molecule has 0 radical (unpaired) electrons. The third-order valence-electron chi connectivity index (χ3n) is 3.39. The maximum absolute atomic E-state index is 4.29. The largest absolute Gasteiger partial charge is 0.310 e. The fraction of sp³-hybridized carbons (Fsp3) is 0.417. The minimum absolute atomic E-state index is 0.577. The minimum Gasteiger partial charge on any atom is -0.310 e. The van der Waals surface area contributed by atoms with Gasteiger partial charge in [0.1, 0.15) is 4.60 Å². The Morgan fingerprint density at radius 2 is 2.33 bits per heavy atom. The van der Waals surface area contributed by atoms with Crippen molar-refractivity contribution in [3.8, 4) is 0 Å². The molecule has 2 nitrogen and oxygen atoms in total. The Labute approximate surface area is 97.9 Å². The smallest absolute Gasteiger partial charge is 0.106 e. The number of halogens is 1. The van der Waals surface area contributed by atoms with Crippen molar-refractivity contribution in [3.05, 3.63) is 34.6 Å². The molecule has 1 saturated heterocycles. The predicted octanol–water partition coefficient (Wildman–Crippen LogP) is 2.61. The van der Waals surface area contributed by atoms with E-state index in [0.717, 1.165) is 17.1 Å². The normalized spacial score (nSPS) is 29.0. The molecule has 0 aromatic carbocycles. The van der Waals surface area contributed by atoms with Crippen molar-refractivity contribution >= 4 is 21.5 Å². The highest BCUT2D eigenvalue weighted by Crippen LogP contribution is 2.37. The zero-order valence-electron chi connectivity index (χ0n) is 8.41. The minimum atomic E-state index is 0.577. The van der Waals surface area contributed by atoms with Gasteiger partial charge in [-0.15, -0.1) is 0 Å². The van der Waals surface area contributed by atoms with Crippen molar-refractivity contribution in [3.63, 3.8) is 0 Å². The van der Waals surface area contributed by atoms with Crippen molar-refractivity contribution < 1.29 is 0 Å². The third kappa shape index (κ3) is 1.64. The van der Waals surface area contributed by atoms with E-state index in [0.29, 0.717) is 6.04 Å². The Bertz CT molecular complexity index is 397. The number of pyridine rings is 1. The molecule has 1 fully saturated rings. The number of nitrogens with one attached hydrogen (secondary N) is 1. The summed E-state index contributed by atoms with van der Waals surface area (Å²) in [5.74, 6) is 0.823. The molecule has 1 aliphatic carbocycles. The van der Waals surface area contributed by atoms with Gasteiger partial charge in [-0.3, -0.25) is 0 Å². The van der Waals surface area contributed by atoms with Crippen molar-refractivity contribution in [2.24, 2.45) is 5.92 Å². The van der Waals surface area contributed by atoms with E-state index in [1.807, 2.05) is 12.3 Å². The van der Waals surface area contributed by atoms with Gasteiger partial charge in [0.25, 0.3) is 0 Å². The summed E-state index contributed by atoms with van der Waals surface area (Å²) in [6, 6.07) is 4.73. The average molecular weight is 265 g/mol. The number of hydrogen-bond donors (Lipinski definition) is 1. The van der Waals surface area contributed by atoms with Gasteiger partial charge in [-0.25, -0.2) is 4.98 Å². The summed E-state index contributed by atoms with van der Waals surface area (Å²) in [4.78, 5) is 4.29. The summed E-state index contributed by atoms with van der Waals surface area (Å²) in [6.07, 6.45) is 6.86. The Balaban J connectivity index is 1.91. The van der Waals surface area contributed by atoms with E-state index in [9.17, 15) is 0 Å². The maximum Gasteiger partial charge on any atom is 0.106 e. The zero-order chi connectivity index (χ0) is 10.3. The number of allylic oxidation sites excluding steroid dienone is 1.